The smallest absolute Gasteiger partial charge is 0.224 e. The first-order valence-corrected chi connectivity index (χ1v) is 9.64. The minimum Gasteiger partial charge on any atom is -0.485 e. The highest BCUT2D eigenvalue weighted by Gasteiger charge is 2.10. The van der Waals surface area contributed by atoms with Gasteiger partial charge in [-0.05, 0) is 36.2 Å². The van der Waals surface area contributed by atoms with E-state index in [0.717, 1.165) is 11.3 Å². The van der Waals surface area contributed by atoms with E-state index in [-0.39, 0.29) is 5.91 Å². The Kier molecular flexibility index (Phi) is 6.50. The van der Waals surface area contributed by atoms with Crippen LogP contribution in [0.4, 0.5) is 5.69 Å². The zero-order valence-electron chi connectivity index (χ0n) is 13.7. The van der Waals surface area contributed by atoms with E-state index in [1.54, 1.807) is 17.6 Å². The third-order valence-electron chi connectivity index (χ3n) is 3.66. The Morgan fingerprint density at radius 3 is 2.81 bits per heavy atom. The number of carbonyl (C=O) groups is 1. The van der Waals surface area contributed by atoms with Crippen molar-refractivity contribution in [1.82, 2.24) is 4.98 Å². The van der Waals surface area contributed by atoms with Gasteiger partial charge < -0.3 is 10.1 Å². The molecule has 7 heteroatoms. The molecule has 1 amide bonds. The van der Waals surface area contributed by atoms with Crippen LogP contribution in [0.5, 0.6) is 5.75 Å². The van der Waals surface area contributed by atoms with E-state index in [4.69, 9.17) is 27.9 Å². The summed E-state index contributed by atoms with van der Waals surface area (Å²) in [7, 11) is 0. The summed E-state index contributed by atoms with van der Waals surface area (Å²) in [6.45, 7) is 0.358. The summed E-state index contributed by atoms with van der Waals surface area (Å²) >= 11 is 13.6. The standard InChI is InChI=1S/C19H16Cl2N2O2S/c20-14-7-5-13(16(21)9-14)6-8-19(24)23-17-3-1-2-4-18(17)25-10-15-11-26-12-22-15/h1-5,7,9,11-12H,6,8,10H2,(H,23,24). The molecule has 3 rings (SSSR count). The number of aryl methyl sites for hydroxylation is 1. The molecule has 2 aromatic carbocycles. The maximum atomic E-state index is 12.3. The van der Waals surface area contributed by atoms with Crippen LogP contribution >= 0.6 is 34.5 Å². The number of benzene rings is 2. The number of carbonyl (C=O) groups excluding carboxylic acids is 1. The first-order chi connectivity index (χ1) is 12.6. The molecule has 3 aromatic rings. The minimum absolute atomic E-state index is 0.110. The average Bonchev–Trinajstić information content (AvgIpc) is 3.14. The van der Waals surface area contributed by atoms with Crippen molar-refractivity contribution in [2.45, 2.75) is 19.4 Å². The number of para-hydroxylation sites is 2. The molecule has 0 unspecified atom stereocenters. The molecule has 1 aromatic heterocycles. The maximum absolute atomic E-state index is 12.3. The van der Waals surface area contributed by atoms with Gasteiger partial charge in [0.25, 0.3) is 0 Å². The summed E-state index contributed by atoms with van der Waals surface area (Å²) in [5.74, 6) is 0.499. The second-order valence-corrected chi connectivity index (χ2v) is 7.11. The molecule has 1 heterocycles. The van der Waals surface area contributed by atoms with E-state index in [1.807, 2.05) is 35.7 Å². The summed E-state index contributed by atoms with van der Waals surface area (Å²) < 4.78 is 5.77. The molecule has 134 valence electrons. The molecule has 0 aliphatic carbocycles. The summed E-state index contributed by atoms with van der Waals surface area (Å²) in [5, 5.41) is 5.96. The molecule has 0 fully saturated rings. The van der Waals surface area contributed by atoms with E-state index < -0.39 is 0 Å². The minimum atomic E-state index is -0.110. The third kappa shape index (κ3) is 5.21. The van der Waals surface area contributed by atoms with Gasteiger partial charge in [0, 0.05) is 21.8 Å². The first-order valence-electron chi connectivity index (χ1n) is 7.94. The zero-order chi connectivity index (χ0) is 18.4. The van der Waals surface area contributed by atoms with Gasteiger partial charge in [0.05, 0.1) is 16.9 Å². The molecular formula is C19H16Cl2N2O2S. The van der Waals surface area contributed by atoms with Gasteiger partial charge >= 0.3 is 0 Å². The molecule has 1 N–H and O–H groups in total. The first kappa shape index (κ1) is 18.7. The number of aromatic nitrogens is 1. The summed E-state index contributed by atoms with van der Waals surface area (Å²) in [5.41, 5.74) is 4.14. The fraction of sp³-hybridized carbons (Fsp3) is 0.158. The monoisotopic (exact) mass is 406 g/mol. The Labute approximate surface area is 165 Å². The zero-order valence-corrected chi connectivity index (χ0v) is 16.1. The average molecular weight is 407 g/mol. The lowest BCUT2D eigenvalue weighted by molar-refractivity contribution is -0.116. The number of halogens is 2. The van der Waals surface area contributed by atoms with Crippen LogP contribution in [0.1, 0.15) is 17.7 Å². The van der Waals surface area contributed by atoms with E-state index in [9.17, 15) is 4.79 Å². The Balaban J connectivity index is 1.58. The van der Waals surface area contributed by atoms with Crippen LogP contribution in [0.25, 0.3) is 0 Å². The van der Waals surface area contributed by atoms with Crippen LogP contribution in [0.2, 0.25) is 10.0 Å². The molecule has 0 saturated heterocycles. The molecule has 0 aliphatic rings. The van der Waals surface area contributed by atoms with Crippen molar-refractivity contribution >= 4 is 46.1 Å². The second-order valence-electron chi connectivity index (χ2n) is 5.55. The van der Waals surface area contributed by atoms with Gasteiger partial charge in [-0.1, -0.05) is 41.4 Å². The van der Waals surface area contributed by atoms with Crippen molar-refractivity contribution < 1.29 is 9.53 Å². The summed E-state index contributed by atoms with van der Waals surface area (Å²) in [6.07, 6.45) is 0.839. The van der Waals surface area contributed by atoms with Gasteiger partial charge in [0.15, 0.2) is 0 Å². The Morgan fingerprint density at radius 2 is 2.04 bits per heavy atom. The van der Waals surface area contributed by atoms with E-state index in [1.165, 1.54) is 11.3 Å². The van der Waals surface area contributed by atoms with Crippen LogP contribution in [0.3, 0.4) is 0 Å². The van der Waals surface area contributed by atoms with Crippen LogP contribution in [-0.2, 0) is 17.8 Å². The number of hydrogen-bond acceptors (Lipinski definition) is 4. The third-order valence-corrected chi connectivity index (χ3v) is 4.88. The highest BCUT2D eigenvalue weighted by molar-refractivity contribution is 7.07. The summed E-state index contributed by atoms with van der Waals surface area (Å²) in [6, 6.07) is 12.6. The second kappa shape index (κ2) is 9.03. The molecule has 0 spiro atoms. The van der Waals surface area contributed by atoms with E-state index in [2.05, 4.69) is 10.3 Å². The highest BCUT2D eigenvalue weighted by atomic mass is 35.5. The predicted octanol–water partition coefficient (Wildman–Crippen LogP) is 5.60. The molecule has 0 saturated carbocycles. The number of ether oxygens (including phenoxy) is 1. The molecule has 0 atom stereocenters. The van der Waals surface area contributed by atoms with Crippen molar-refractivity contribution in [2.24, 2.45) is 0 Å². The van der Waals surface area contributed by atoms with Gasteiger partial charge in [-0.2, -0.15) is 0 Å². The highest BCUT2D eigenvalue weighted by Crippen LogP contribution is 2.26. The number of amides is 1. The molecule has 0 bridgehead atoms. The summed E-state index contributed by atoms with van der Waals surface area (Å²) in [4.78, 5) is 16.5. The quantitative estimate of drug-likeness (QED) is 0.555. The van der Waals surface area contributed by atoms with Crippen LogP contribution in [0, 0.1) is 0 Å². The Morgan fingerprint density at radius 1 is 1.19 bits per heavy atom. The SMILES string of the molecule is O=C(CCc1ccc(Cl)cc1Cl)Nc1ccccc1OCc1cscn1. The fourth-order valence-corrected chi connectivity index (χ4v) is 3.39. The Hall–Kier alpha value is -2.08. The lowest BCUT2D eigenvalue weighted by atomic mass is 10.1. The normalized spacial score (nSPS) is 10.5. The van der Waals surface area contributed by atoms with Crippen LogP contribution < -0.4 is 10.1 Å². The van der Waals surface area contributed by atoms with E-state index in [0.29, 0.717) is 40.9 Å². The number of thiazole rings is 1. The molecule has 4 nitrogen and oxygen atoms in total. The van der Waals surface area contributed by atoms with Crippen molar-refractivity contribution in [3.05, 3.63) is 74.7 Å². The fourth-order valence-electron chi connectivity index (χ4n) is 2.34. The number of hydrogen-bond donors (Lipinski definition) is 1. The molecule has 0 radical (unpaired) electrons. The number of nitrogens with zero attached hydrogens (tertiary/aromatic N) is 1. The van der Waals surface area contributed by atoms with Gasteiger partial charge in [-0.3, -0.25) is 4.79 Å². The van der Waals surface area contributed by atoms with Crippen LogP contribution in [-0.4, -0.2) is 10.9 Å². The lowest BCUT2D eigenvalue weighted by Gasteiger charge is -2.12. The van der Waals surface area contributed by atoms with E-state index >= 15 is 0 Å². The maximum Gasteiger partial charge on any atom is 0.224 e. The largest absolute Gasteiger partial charge is 0.485 e. The van der Waals surface area contributed by atoms with Crippen molar-refractivity contribution in [3.63, 3.8) is 0 Å². The van der Waals surface area contributed by atoms with Gasteiger partial charge in [-0.25, -0.2) is 4.98 Å². The molecule has 0 aliphatic heterocycles. The number of anilines is 1. The Bertz CT molecular complexity index is 885. The molecular weight excluding hydrogens is 391 g/mol. The van der Waals surface area contributed by atoms with Crippen molar-refractivity contribution in [1.29, 1.82) is 0 Å². The van der Waals surface area contributed by atoms with Gasteiger partial charge in [0.1, 0.15) is 12.4 Å². The lowest BCUT2D eigenvalue weighted by Crippen LogP contribution is -2.13. The van der Waals surface area contributed by atoms with Crippen LogP contribution in [0.15, 0.2) is 53.4 Å². The number of nitrogens with one attached hydrogen (secondary N) is 1. The van der Waals surface area contributed by atoms with Crippen molar-refractivity contribution in [3.8, 4) is 5.75 Å². The topological polar surface area (TPSA) is 51.2 Å². The number of rotatable bonds is 7. The molecule has 26 heavy (non-hydrogen) atoms. The van der Waals surface area contributed by atoms with Gasteiger partial charge in [-0.15, -0.1) is 11.3 Å². The van der Waals surface area contributed by atoms with Crippen molar-refractivity contribution in [2.75, 3.05) is 5.32 Å². The predicted molar refractivity (Wildman–Crippen MR) is 106 cm³/mol. The van der Waals surface area contributed by atoms with Gasteiger partial charge in [0.2, 0.25) is 5.91 Å².